The lowest BCUT2D eigenvalue weighted by Gasteiger charge is -2.21. The summed E-state index contributed by atoms with van der Waals surface area (Å²) in [5, 5.41) is 2.82. The molecule has 0 spiro atoms. The number of rotatable bonds is 4. The summed E-state index contributed by atoms with van der Waals surface area (Å²) in [6.07, 6.45) is 0.239. The van der Waals surface area contributed by atoms with Crippen LogP contribution < -0.4 is 16.0 Å². The van der Waals surface area contributed by atoms with Gasteiger partial charge in [0, 0.05) is 35.2 Å². The molecule has 0 aromatic heterocycles. The van der Waals surface area contributed by atoms with E-state index in [1.54, 1.807) is 4.90 Å². The Kier molecular flexibility index (Phi) is 6.40. The first-order valence-electron chi connectivity index (χ1n) is 6.89. The lowest BCUT2D eigenvalue weighted by atomic mass is 10.1. The molecule has 5 nitrogen and oxygen atoms in total. The van der Waals surface area contributed by atoms with E-state index < -0.39 is 5.54 Å². The van der Waals surface area contributed by atoms with Crippen molar-refractivity contribution in [1.29, 1.82) is 0 Å². The molecule has 1 aromatic rings. The summed E-state index contributed by atoms with van der Waals surface area (Å²) in [4.78, 5) is 25.9. The van der Waals surface area contributed by atoms with E-state index in [0.717, 1.165) is 10.2 Å². The lowest BCUT2D eigenvalue weighted by Crippen LogP contribution is -2.46. The van der Waals surface area contributed by atoms with Gasteiger partial charge in [0.25, 0.3) is 0 Å². The van der Waals surface area contributed by atoms with Crippen molar-refractivity contribution in [2.45, 2.75) is 25.8 Å². The molecule has 2 rings (SSSR count). The zero-order valence-electron chi connectivity index (χ0n) is 12.6. The molecule has 1 fully saturated rings. The van der Waals surface area contributed by atoms with Crippen LogP contribution in [0, 0.1) is 5.92 Å². The summed E-state index contributed by atoms with van der Waals surface area (Å²) in [5.41, 5.74) is 6.20. The van der Waals surface area contributed by atoms with Crippen molar-refractivity contribution in [3.8, 4) is 0 Å². The van der Waals surface area contributed by atoms with Gasteiger partial charge >= 0.3 is 0 Å². The number of halogens is 2. The molecule has 1 aromatic carbocycles. The molecule has 1 saturated heterocycles. The zero-order chi connectivity index (χ0) is 15.6. The quantitative estimate of drug-likeness (QED) is 0.826. The number of hydrogen-bond acceptors (Lipinski definition) is 3. The van der Waals surface area contributed by atoms with Crippen molar-refractivity contribution in [2.24, 2.45) is 11.7 Å². The second-order valence-electron chi connectivity index (χ2n) is 6.09. The second-order valence-corrected chi connectivity index (χ2v) is 7.01. The second kappa shape index (κ2) is 7.44. The number of amides is 2. The van der Waals surface area contributed by atoms with Gasteiger partial charge in [0.1, 0.15) is 0 Å². The fraction of sp³-hybridized carbons (Fsp3) is 0.467. The number of nitrogens with one attached hydrogen (secondary N) is 1. The smallest absolute Gasteiger partial charge is 0.227 e. The van der Waals surface area contributed by atoms with Gasteiger partial charge in [-0.25, -0.2) is 0 Å². The standard InChI is InChI=1S/C15H20BrN3O2.ClH/c1-15(2,17)9-18-14(21)10-6-13(20)19(8-10)12-5-3-4-11(16)7-12;/h3-5,7,10H,6,8-9,17H2,1-2H3,(H,18,21);1H. The molecule has 0 bridgehead atoms. The zero-order valence-corrected chi connectivity index (χ0v) is 15.0. The fourth-order valence-electron chi connectivity index (χ4n) is 2.24. The summed E-state index contributed by atoms with van der Waals surface area (Å²) in [5.74, 6) is -0.460. The van der Waals surface area contributed by atoms with Crippen LogP contribution in [0.15, 0.2) is 28.7 Å². The molecule has 0 saturated carbocycles. The van der Waals surface area contributed by atoms with E-state index in [0.29, 0.717) is 13.1 Å². The van der Waals surface area contributed by atoms with Gasteiger partial charge in [0.05, 0.1) is 5.92 Å². The van der Waals surface area contributed by atoms with Crippen LogP contribution >= 0.6 is 28.3 Å². The normalized spacial score (nSPS) is 18.1. The van der Waals surface area contributed by atoms with Crippen molar-refractivity contribution in [1.82, 2.24) is 5.32 Å². The van der Waals surface area contributed by atoms with Crippen molar-refractivity contribution in [2.75, 3.05) is 18.0 Å². The van der Waals surface area contributed by atoms with Gasteiger partial charge in [-0.1, -0.05) is 22.0 Å². The Balaban J connectivity index is 0.00000242. The van der Waals surface area contributed by atoms with E-state index in [-0.39, 0.29) is 36.6 Å². The number of anilines is 1. The maximum atomic E-state index is 12.1. The van der Waals surface area contributed by atoms with Crippen LogP contribution in [0.5, 0.6) is 0 Å². The van der Waals surface area contributed by atoms with Crippen LogP contribution in [-0.4, -0.2) is 30.4 Å². The number of benzene rings is 1. The van der Waals surface area contributed by atoms with Crippen molar-refractivity contribution in [3.05, 3.63) is 28.7 Å². The third-order valence-electron chi connectivity index (χ3n) is 3.33. The SMILES string of the molecule is CC(C)(N)CNC(=O)C1CC(=O)N(c2cccc(Br)c2)C1.Cl. The highest BCUT2D eigenvalue weighted by molar-refractivity contribution is 9.10. The third-order valence-corrected chi connectivity index (χ3v) is 3.83. The van der Waals surface area contributed by atoms with Crippen LogP contribution in [-0.2, 0) is 9.59 Å². The molecule has 1 aliphatic rings. The van der Waals surface area contributed by atoms with Crippen molar-refractivity contribution < 1.29 is 9.59 Å². The van der Waals surface area contributed by atoms with Crippen molar-refractivity contribution >= 4 is 45.8 Å². The van der Waals surface area contributed by atoms with Gasteiger partial charge in [-0.3, -0.25) is 9.59 Å². The number of nitrogens with two attached hydrogens (primary N) is 1. The van der Waals surface area contributed by atoms with Crippen LogP contribution in [0.4, 0.5) is 5.69 Å². The van der Waals surface area contributed by atoms with Crippen LogP contribution in [0.25, 0.3) is 0 Å². The minimum atomic E-state index is -0.456. The Labute approximate surface area is 145 Å². The van der Waals surface area contributed by atoms with Crippen LogP contribution in [0.3, 0.4) is 0 Å². The molecule has 7 heteroatoms. The van der Waals surface area contributed by atoms with E-state index in [9.17, 15) is 9.59 Å². The molecule has 1 unspecified atom stereocenters. The lowest BCUT2D eigenvalue weighted by molar-refractivity contribution is -0.126. The summed E-state index contributed by atoms with van der Waals surface area (Å²) in [6, 6.07) is 7.52. The number of carbonyl (C=O) groups excluding carboxylic acids is 2. The first-order chi connectivity index (χ1) is 9.76. The molecule has 2 amide bonds. The Morgan fingerprint density at radius 3 is 2.77 bits per heavy atom. The average Bonchev–Trinajstić information content (AvgIpc) is 2.77. The largest absolute Gasteiger partial charge is 0.354 e. The highest BCUT2D eigenvalue weighted by Crippen LogP contribution is 2.27. The summed E-state index contributed by atoms with van der Waals surface area (Å²) in [6.45, 7) is 4.50. The first kappa shape index (κ1) is 18.9. The molecule has 1 aliphatic heterocycles. The Morgan fingerprint density at radius 1 is 1.50 bits per heavy atom. The average molecular weight is 391 g/mol. The topological polar surface area (TPSA) is 75.4 Å². The maximum absolute atomic E-state index is 12.1. The highest BCUT2D eigenvalue weighted by atomic mass is 79.9. The van der Waals surface area contributed by atoms with E-state index >= 15 is 0 Å². The van der Waals surface area contributed by atoms with Gasteiger partial charge in [-0.05, 0) is 32.0 Å². The van der Waals surface area contributed by atoms with Gasteiger partial charge in [0.15, 0.2) is 0 Å². The predicted octanol–water partition coefficient (Wildman–Crippen LogP) is 2.08. The van der Waals surface area contributed by atoms with Gasteiger partial charge in [-0.2, -0.15) is 0 Å². The van der Waals surface area contributed by atoms with Gasteiger partial charge < -0.3 is 16.0 Å². The van der Waals surface area contributed by atoms with Crippen molar-refractivity contribution in [3.63, 3.8) is 0 Å². The highest BCUT2D eigenvalue weighted by Gasteiger charge is 2.35. The molecular formula is C15H21BrClN3O2. The molecule has 1 heterocycles. The molecule has 1 atom stereocenters. The van der Waals surface area contributed by atoms with Crippen LogP contribution in [0.2, 0.25) is 0 Å². The molecule has 122 valence electrons. The Hall–Kier alpha value is -1.11. The molecular weight excluding hydrogens is 370 g/mol. The summed E-state index contributed by atoms with van der Waals surface area (Å²) >= 11 is 3.39. The fourth-order valence-corrected chi connectivity index (χ4v) is 2.62. The number of hydrogen-bond donors (Lipinski definition) is 2. The molecule has 0 radical (unpaired) electrons. The Morgan fingerprint density at radius 2 is 2.18 bits per heavy atom. The molecule has 3 N–H and O–H groups in total. The Bertz CT molecular complexity index is 560. The van der Waals surface area contributed by atoms with Gasteiger partial charge in [-0.15, -0.1) is 12.4 Å². The molecule has 0 aliphatic carbocycles. The minimum Gasteiger partial charge on any atom is -0.354 e. The summed E-state index contributed by atoms with van der Waals surface area (Å²) < 4.78 is 0.908. The minimum absolute atomic E-state index is 0. The van der Waals surface area contributed by atoms with Crippen LogP contribution in [0.1, 0.15) is 20.3 Å². The van der Waals surface area contributed by atoms with E-state index in [2.05, 4.69) is 21.2 Å². The monoisotopic (exact) mass is 389 g/mol. The first-order valence-corrected chi connectivity index (χ1v) is 7.68. The predicted molar refractivity (Wildman–Crippen MR) is 93.1 cm³/mol. The number of nitrogens with zero attached hydrogens (tertiary/aromatic N) is 1. The third kappa shape index (κ3) is 4.97. The van der Waals surface area contributed by atoms with E-state index in [1.165, 1.54) is 0 Å². The summed E-state index contributed by atoms with van der Waals surface area (Å²) in [7, 11) is 0. The van der Waals surface area contributed by atoms with E-state index in [4.69, 9.17) is 5.73 Å². The molecule has 22 heavy (non-hydrogen) atoms. The van der Waals surface area contributed by atoms with Gasteiger partial charge in [0.2, 0.25) is 11.8 Å². The van der Waals surface area contributed by atoms with E-state index in [1.807, 2.05) is 38.1 Å². The maximum Gasteiger partial charge on any atom is 0.227 e. The number of carbonyl (C=O) groups is 2.